The monoisotopic (exact) mass is 582 g/mol. The molecule has 3 heterocycles. The molecule has 216 valence electrons. The second-order valence-corrected chi connectivity index (χ2v) is 10.0. The summed E-state index contributed by atoms with van der Waals surface area (Å²) in [6.45, 7) is 7.59. The Morgan fingerprint density at radius 1 is 1.26 bits per heavy atom. The minimum atomic E-state index is -0.328. The van der Waals surface area contributed by atoms with Gasteiger partial charge in [-0.3, -0.25) is 9.78 Å². The molecule has 4 rings (SSSR count). The van der Waals surface area contributed by atoms with Gasteiger partial charge in [-0.15, -0.1) is 24.8 Å². The van der Waals surface area contributed by atoms with E-state index in [9.17, 15) is 9.18 Å². The van der Waals surface area contributed by atoms with Gasteiger partial charge in [0.25, 0.3) is 0 Å². The summed E-state index contributed by atoms with van der Waals surface area (Å²) in [5.41, 5.74) is 2.58. The number of fused-ring (bicyclic) bond motifs is 1. The summed E-state index contributed by atoms with van der Waals surface area (Å²) in [6, 6.07) is 8.82. The highest BCUT2D eigenvalue weighted by Gasteiger charge is 2.30. The molecule has 1 amide bonds. The van der Waals surface area contributed by atoms with Gasteiger partial charge >= 0.3 is 0 Å². The molecule has 0 unspecified atom stereocenters. The average Bonchev–Trinajstić information content (AvgIpc) is 3.17. The van der Waals surface area contributed by atoms with E-state index in [1.807, 2.05) is 17.0 Å². The number of carbonyl (C=O) groups is 1. The van der Waals surface area contributed by atoms with Crippen LogP contribution in [-0.4, -0.2) is 59.2 Å². The summed E-state index contributed by atoms with van der Waals surface area (Å²) in [4.78, 5) is 20.1. The number of aromatic nitrogens is 2. The lowest BCUT2D eigenvalue weighted by Crippen LogP contribution is -2.52. The Bertz CT molecular complexity index is 1170. The highest BCUT2D eigenvalue weighted by Crippen LogP contribution is 2.36. The first-order chi connectivity index (χ1) is 18.0. The van der Waals surface area contributed by atoms with Gasteiger partial charge in [0.15, 0.2) is 0 Å². The summed E-state index contributed by atoms with van der Waals surface area (Å²) >= 11 is 0. The molecule has 1 atom stereocenters. The van der Waals surface area contributed by atoms with Gasteiger partial charge in [0.2, 0.25) is 5.91 Å². The summed E-state index contributed by atoms with van der Waals surface area (Å²) in [5.74, 6) is 0.311. The number of hydrogen-bond acceptors (Lipinski definition) is 5. The Kier molecular flexibility index (Phi) is 13.5. The van der Waals surface area contributed by atoms with Crippen molar-refractivity contribution in [2.24, 2.45) is 0 Å². The number of methoxy groups -OCH3 is 1. The standard InChI is InChI=1S/C29H39FN4O3.2ClH/c1-21(2)34(24-9-7-13-32-19-24)28(35)17-27-29(37-20-22-8-6-12-31-18-22)25-16-23(30)10-11-26(25)33(27)14-4-5-15-36-3;;/h6,8,10-12,16,18,21,24,32H,4-5,7,9,13-15,17,19-20H2,1-3H3;2*1H/t24-;;/m1../s1. The van der Waals surface area contributed by atoms with Gasteiger partial charge < -0.3 is 24.3 Å². The maximum absolute atomic E-state index is 14.4. The number of rotatable bonds is 12. The molecule has 0 aliphatic carbocycles. The van der Waals surface area contributed by atoms with E-state index in [2.05, 4.69) is 28.7 Å². The summed E-state index contributed by atoms with van der Waals surface area (Å²) in [5, 5.41) is 4.12. The van der Waals surface area contributed by atoms with Crippen molar-refractivity contribution in [2.45, 2.75) is 71.2 Å². The van der Waals surface area contributed by atoms with Crippen molar-refractivity contribution in [2.75, 3.05) is 26.8 Å². The molecule has 10 heteroatoms. The van der Waals surface area contributed by atoms with E-state index in [4.69, 9.17) is 9.47 Å². The maximum Gasteiger partial charge on any atom is 0.229 e. The van der Waals surface area contributed by atoms with Crippen LogP contribution in [0.2, 0.25) is 0 Å². The molecule has 0 bridgehead atoms. The molecule has 0 spiro atoms. The molecule has 1 aliphatic heterocycles. The molecule has 3 aromatic rings. The number of unbranched alkanes of at least 4 members (excludes halogenated alkanes) is 1. The zero-order valence-corrected chi connectivity index (χ0v) is 24.7. The first-order valence-electron chi connectivity index (χ1n) is 13.3. The molecule has 1 saturated heterocycles. The van der Waals surface area contributed by atoms with Gasteiger partial charge in [-0.2, -0.15) is 0 Å². The second-order valence-electron chi connectivity index (χ2n) is 10.0. The fraction of sp³-hybridized carbons (Fsp3) is 0.517. The van der Waals surface area contributed by atoms with E-state index in [0.29, 0.717) is 24.3 Å². The lowest BCUT2D eigenvalue weighted by atomic mass is 10.0. The van der Waals surface area contributed by atoms with Gasteiger partial charge in [0.05, 0.1) is 17.6 Å². The number of nitrogens with zero attached hydrogens (tertiary/aromatic N) is 3. The van der Waals surface area contributed by atoms with Crippen LogP contribution in [0.15, 0.2) is 42.7 Å². The van der Waals surface area contributed by atoms with Crippen LogP contribution in [-0.2, 0) is 29.1 Å². The van der Waals surface area contributed by atoms with Crippen LogP contribution in [0.3, 0.4) is 0 Å². The largest absolute Gasteiger partial charge is 0.486 e. The topological polar surface area (TPSA) is 68.6 Å². The number of piperidine rings is 1. The number of aryl methyl sites for hydroxylation is 1. The number of carbonyl (C=O) groups excluding carboxylic acids is 1. The third-order valence-corrected chi connectivity index (χ3v) is 7.00. The molecular formula is C29H41Cl2FN4O3. The van der Waals surface area contributed by atoms with Crippen LogP contribution in [0.25, 0.3) is 10.9 Å². The molecule has 1 fully saturated rings. The van der Waals surface area contributed by atoms with Gasteiger partial charge in [0, 0.05) is 62.2 Å². The fourth-order valence-corrected chi connectivity index (χ4v) is 5.32. The highest BCUT2D eigenvalue weighted by molar-refractivity contribution is 5.91. The maximum atomic E-state index is 14.4. The third kappa shape index (κ3) is 8.30. The molecule has 1 N–H and O–H groups in total. The predicted octanol–water partition coefficient (Wildman–Crippen LogP) is 5.56. The van der Waals surface area contributed by atoms with Crippen LogP contribution >= 0.6 is 24.8 Å². The molecular weight excluding hydrogens is 542 g/mol. The normalized spacial score (nSPS) is 15.1. The van der Waals surface area contributed by atoms with E-state index in [0.717, 1.165) is 55.5 Å². The minimum absolute atomic E-state index is 0. The number of benzene rings is 1. The molecule has 0 radical (unpaired) electrons. The van der Waals surface area contributed by atoms with E-state index in [1.165, 1.54) is 12.1 Å². The van der Waals surface area contributed by atoms with Crippen LogP contribution in [0, 0.1) is 5.82 Å². The Morgan fingerprint density at radius 3 is 2.74 bits per heavy atom. The number of ether oxygens (including phenoxy) is 2. The van der Waals surface area contributed by atoms with Crippen LogP contribution in [0.5, 0.6) is 5.75 Å². The fourth-order valence-electron chi connectivity index (χ4n) is 5.32. The number of hydrogen-bond donors (Lipinski definition) is 1. The molecule has 39 heavy (non-hydrogen) atoms. The quantitative estimate of drug-likeness (QED) is 0.283. The minimum Gasteiger partial charge on any atom is -0.486 e. The molecule has 1 aromatic carbocycles. The van der Waals surface area contributed by atoms with Crippen LogP contribution < -0.4 is 10.1 Å². The van der Waals surface area contributed by atoms with Crippen molar-refractivity contribution in [1.82, 2.24) is 19.8 Å². The van der Waals surface area contributed by atoms with Crippen LogP contribution in [0.1, 0.15) is 50.8 Å². The Labute approximate surface area is 243 Å². The first-order valence-corrected chi connectivity index (χ1v) is 13.3. The SMILES string of the molecule is COCCCCn1c(CC(=O)N(C(C)C)[C@@H]2CCCNC2)c(OCc2cccnc2)c2cc(F)ccc21.Cl.Cl. The van der Waals surface area contributed by atoms with Crippen molar-refractivity contribution in [3.63, 3.8) is 0 Å². The van der Waals surface area contributed by atoms with Gasteiger partial charge in [-0.1, -0.05) is 6.07 Å². The van der Waals surface area contributed by atoms with E-state index in [1.54, 1.807) is 25.6 Å². The van der Waals surface area contributed by atoms with E-state index >= 15 is 0 Å². The van der Waals surface area contributed by atoms with Gasteiger partial charge in [0.1, 0.15) is 18.2 Å². The molecule has 0 saturated carbocycles. The molecule has 1 aliphatic rings. The van der Waals surface area contributed by atoms with Crippen molar-refractivity contribution < 1.29 is 18.7 Å². The highest BCUT2D eigenvalue weighted by atomic mass is 35.5. The number of amides is 1. The van der Waals surface area contributed by atoms with Gasteiger partial charge in [-0.05, 0) is 70.3 Å². The average molecular weight is 584 g/mol. The zero-order chi connectivity index (χ0) is 26.2. The Morgan fingerprint density at radius 2 is 2.08 bits per heavy atom. The van der Waals surface area contributed by atoms with Crippen molar-refractivity contribution in [1.29, 1.82) is 0 Å². The number of nitrogens with one attached hydrogen (secondary N) is 1. The van der Waals surface area contributed by atoms with Crippen molar-refractivity contribution in [3.8, 4) is 5.75 Å². The predicted molar refractivity (Wildman–Crippen MR) is 158 cm³/mol. The Hall–Kier alpha value is -2.39. The van der Waals surface area contributed by atoms with Gasteiger partial charge in [-0.25, -0.2) is 4.39 Å². The number of halogens is 3. The summed E-state index contributed by atoms with van der Waals surface area (Å²) in [7, 11) is 1.70. The third-order valence-electron chi connectivity index (χ3n) is 7.00. The van der Waals surface area contributed by atoms with Crippen molar-refractivity contribution in [3.05, 3.63) is 59.8 Å². The summed E-state index contributed by atoms with van der Waals surface area (Å²) in [6.07, 6.45) is 7.48. The lowest BCUT2D eigenvalue weighted by Gasteiger charge is -2.38. The first kappa shape index (κ1) is 32.8. The smallest absolute Gasteiger partial charge is 0.229 e. The lowest BCUT2D eigenvalue weighted by molar-refractivity contribution is -0.135. The molecule has 7 nitrogen and oxygen atoms in total. The van der Waals surface area contributed by atoms with Crippen molar-refractivity contribution >= 4 is 41.6 Å². The molecule has 2 aromatic heterocycles. The zero-order valence-electron chi connectivity index (χ0n) is 23.0. The Balaban J connectivity index is 0.00000267. The number of pyridine rings is 1. The van der Waals surface area contributed by atoms with E-state index in [-0.39, 0.29) is 61.6 Å². The second kappa shape index (κ2) is 16.0. The van der Waals surface area contributed by atoms with E-state index < -0.39 is 0 Å². The van der Waals surface area contributed by atoms with Crippen LogP contribution in [0.4, 0.5) is 4.39 Å². The summed E-state index contributed by atoms with van der Waals surface area (Å²) < 4.78 is 28.2.